The van der Waals surface area contributed by atoms with Crippen LogP contribution in [0.4, 0.5) is 5.82 Å². The van der Waals surface area contributed by atoms with Crippen LogP contribution in [-0.4, -0.2) is 8.75 Å². The van der Waals surface area contributed by atoms with E-state index < -0.39 is 0 Å². The molecule has 0 amide bonds. The largest absolute Gasteiger partial charge is 0.381 e. The van der Waals surface area contributed by atoms with E-state index in [1.807, 2.05) is 0 Å². The Morgan fingerprint density at radius 2 is 2.20 bits per heavy atom. The Bertz CT molecular complexity index is 207. The molecule has 0 unspecified atom stereocenters. The first kappa shape index (κ1) is 7.47. The Morgan fingerprint density at radius 3 is 2.60 bits per heavy atom. The van der Waals surface area contributed by atoms with Crippen LogP contribution in [0.1, 0.15) is 19.5 Å². The third-order valence-electron chi connectivity index (χ3n) is 1.19. The molecule has 3 nitrogen and oxygen atoms in total. The molecule has 1 aromatic rings. The number of anilines is 1. The van der Waals surface area contributed by atoms with Crippen molar-refractivity contribution in [1.82, 2.24) is 8.75 Å². The smallest absolute Gasteiger partial charge is 0.160 e. The van der Waals surface area contributed by atoms with Crippen molar-refractivity contribution in [3.05, 3.63) is 5.69 Å². The number of nitrogens with zero attached hydrogens (tertiary/aromatic N) is 2. The molecule has 1 aromatic heterocycles. The Kier molecular flexibility index (Phi) is 2.21. The van der Waals surface area contributed by atoms with Gasteiger partial charge in [-0.15, -0.1) is 0 Å². The van der Waals surface area contributed by atoms with Gasteiger partial charge in [0.1, 0.15) is 0 Å². The standard InChI is InChI=1S/C6H11N3S/c1-4(2)3-5-6(7)9-10-8-5/h4H,3H2,1-2H3,(H2,7,9). The van der Waals surface area contributed by atoms with Crippen molar-refractivity contribution >= 4 is 17.5 Å². The van der Waals surface area contributed by atoms with Gasteiger partial charge in [0.25, 0.3) is 0 Å². The molecule has 0 spiro atoms. The number of nitrogen functional groups attached to an aromatic ring is 1. The van der Waals surface area contributed by atoms with Gasteiger partial charge in [0.2, 0.25) is 0 Å². The van der Waals surface area contributed by atoms with Crippen molar-refractivity contribution < 1.29 is 0 Å². The second-order valence-electron chi connectivity index (χ2n) is 2.69. The first-order valence-electron chi connectivity index (χ1n) is 3.27. The molecule has 4 heteroatoms. The van der Waals surface area contributed by atoms with Crippen LogP contribution in [0.5, 0.6) is 0 Å². The van der Waals surface area contributed by atoms with E-state index in [0.717, 1.165) is 12.1 Å². The van der Waals surface area contributed by atoms with Crippen LogP contribution in [0, 0.1) is 5.92 Å². The lowest BCUT2D eigenvalue weighted by Gasteiger charge is -1.99. The van der Waals surface area contributed by atoms with Gasteiger partial charge in [-0.2, -0.15) is 8.75 Å². The minimum Gasteiger partial charge on any atom is -0.381 e. The van der Waals surface area contributed by atoms with Crippen LogP contribution in [-0.2, 0) is 6.42 Å². The molecule has 0 radical (unpaired) electrons. The molecule has 0 fully saturated rings. The lowest BCUT2D eigenvalue weighted by Crippen LogP contribution is -1.98. The van der Waals surface area contributed by atoms with Crippen LogP contribution in [0.15, 0.2) is 0 Å². The molecule has 56 valence electrons. The van der Waals surface area contributed by atoms with Crippen LogP contribution < -0.4 is 5.73 Å². The summed E-state index contributed by atoms with van der Waals surface area (Å²) in [5.74, 6) is 1.20. The fourth-order valence-electron chi connectivity index (χ4n) is 0.742. The second-order valence-corrected chi connectivity index (χ2v) is 3.22. The van der Waals surface area contributed by atoms with Gasteiger partial charge in [-0.25, -0.2) is 0 Å². The lowest BCUT2D eigenvalue weighted by atomic mass is 10.1. The van der Waals surface area contributed by atoms with Crippen LogP contribution in [0.2, 0.25) is 0 Å². The monoisotopic (exact) mass is 157 g/mol. The zero-order chi connectivity index (χ0) is 7.56. The average Bonchev–Trinajstić information content (AvgIpc) is 2.15. The normalized spacial score (nSPS) is 10.7. The molecule has 10 heavy (non-hydrogen) atoms. The lowest BCUT2D eigenvalue weighted by molar-refractivity contribution is 0.640. The summed E-state index contributed by atoms with van der Waals surface area (Å²) in [6.45, 7) is 4.28. The van der Waals surface area contributed by atoms with Crippen molar-refractivity contribution in [1.29, 1.82) is 0 Å². The first-order valence-corrected chi connectivity index (χ1v) is 4.00. The van der Waals surface area contributed by atoms with Gasteiger partial charge >= 0.3 is 0 Å². The van der Waals surface area contributed by atoms with Crippen molar-refractivity contribution in [2.75, 3.05) is 5.73 Å². The molecule has 1 heterocycles. The van der Waals surface area contributed by atoms with Gasteiger partial charge in [-0.05, 0) is 12.3 Å². The van der Waals surface area contributed by atoms with Gasteiger partial charge in [0.15, 0.2) is 5.82 Å². The summed E-state index contributed by atoms with van der Waals surface area (Å²) >= 11 is 1.18. The summed E-state index contributed by atoms with van der Waals surface area (Å²) in [6, 6.07) is 0. The molecule has 0 aliphatic heterocycles. The Balaban J connectivity index is 2.65. The maximum Gasteiger partial charge on any atom is 0.160 e. The van der Waals surface area contributed by atoms with Crippen LogP contribution in [0.25, 0.3) is 0 Å². The fraction of sp³-hybridized carbons (Fsp3) is 0.667. The highest BCUT2D eigenvalue weighted by Gasteiger charge is 2.05. The molecule has 0 saturated carbocycles. The maximum atomic E-state index is 5.53. The van der Waals surface area contributed by atoms with Crippen molar-refractivity contribution in [3.63, 3.8) is 0 Å². The Hall–Kier alpha value is -0.640. The molecule has 0 atom stereocenters. The zero-order valence-corrected chi connectivity index (χ0v) is 6.98. The number of hydrogen-bond acceptors (Lipinski definition) is 4. The molecular weight excluding hydrogens is 146 g/mol. The molecule has 2 N–H and O–H groups in total. The first-order chi connectivity index (χ1) is 4.70. The third kappa shape index (κ3) is 1.67. The van der Waals surface area contributed by atoms with E-state index in [4.69, 9.17) is 5.73 Å². The van der Waals surface area contributed by atoms with E-state index in [1.165, 1.54) is 11.7 Å². The Morgan fingerprint density at radius 1 is 1.50 bits per heavy atom. The number of aromatic nitrogens is 2. The molecule has 0 aliphatic carbocycles. The summed E-state index contributed by atoms with van der Waals surface area (Å²) in [5, 5.41) is 0. The quantitative estimate of drug-likeness (QED) is 0.704. The average molecular weight is 157 g/mol. The molecule has 0 bridgehead atoms. The van der Waals surface area contributed by atoms with E-state index in [9.17, 15) is 0 Å². The van der Waals surface area contributed by atoms with Gasteiger partial charge in [-0.1, -0.05) is 13.8 Å². The maximum absolute atomic E-state index is 5.53. The minimum absolute atomic E-state index is 0.596. The number of hydrogen-bond donors (Lipinski definition) is 1. The summed E-state index contributed by atoms with van der Waals surface area (Å²) in [4.78, 5) is 0. The number of nitrogens with two attached hydrogens (primary N) is 1. The van der Waals surface area contributed by atoms with Crippen molar-refractivity contribution in [3.8, 4) is 0 Å². The molecule has 1 rings (SSSR count). The summed E-state index contributed by atoms with van der Waals surface area (Å²) < 4.78 is 7.94. The molecular formula is C6H11N3S. The van der Waals surface area contributed by atoms with Gasteiger partial charge < -0.3 is 5.73 Å². The van der Waals surface area contributed by atoms with Crippen molar-refractivity contribution in [2.24, 2.45) is 5.92 Å². The van der Waals surface area contributed by atoms with E-state index in [2.05, 4.69) is 22.6 Å². The topological polar surface area (TPSA) is 51.8 Å². The SMILES string of the molecule is CC(C)Cc1nsnc1N. The minimum atomic E-state index is 0.596. The second kappa shape index (κ2) is 2.96. The van der Waals surface area contributed by atoms with Crippen LogP contribution in [0.3, 0.4) is 0 Å². The molecule has 0 aliphatic rings. The van der Waals surface area contributed by atoms with E-state index >= 15 is 0 Å². The summed E-state index contributed by atoms with van der Waals surface area (Å²) in [7, 11) is 0. The van der Waals surface area contributed by atoms with Crippen molar-refractivity contribution in [2.45, 2.75) is 20.3 Å². The summed E-state index contributed by atoms with van der Waals surface area (Å²) in [6.07, 6.45) is 0.933. The van der Waals surface area contributed by atoms with Gasteiger partial charge in [-0.3, -0.25) is 0 Å². The predicted octanol–water partition coefficient (Wildman–Crippen LogP) is 1.32. The van der Waals surface area contributed by atoms with Crippen LogP contribution >= 0.6 is 11.7 Å². The van der Waals surface area contributed by atoms with Gasteiger partial charge in [0, 0.05) is 0 Å². The zero-order valence-electron chi connectivity index (χ0n) is 6.16. The predicted molar refractivity (Wildman–Crippen MR) is 42.9 cm³/mol. The fourth-order valence-corrected chi connectivity index (χ4v) is 1.24. The highest BCUT2D eigenvalue weighted by atomic mass is 32.1. The molecule has 0 aromatic carbocycles. The number of rotatable bonds is 2. The molecule has 0 saturated heterocycles. The van der Waals surface area contributed by atoms with E-state index in [0.29, 0.717) is 11.7 Å². The Labute approximate surface area is 64.6 Å². The highest BCUT2D eigenvalue weighted by Crippen LogP contribution is 2.12. The highest BCUT2D eigenvalue weighted by molar-refractivity contribution is 6.99. The van der Waals surface area contributed by atoms with E-state index in [1.54, 1.807) is 0 Å². The summed E-state index contributed by atoms with van der Waals surface area (Å²) in [5.41, 5.74) is 6.47. The van der Waals surface area contributed by atoms with E-state index in [-0.39, 0.29) is 0 Å². The van der Waals surface area contributed by atoms with Gasteiger partial charge in [0.05, 0.1) is 17.4 Å². The third-order valence-corrected chi connectivity index (χ3v) is 1.77.